The predicted molar refractivity (Wildman–Crippen MR) is 84.6 cm³/mol. The molecule has 2 N–H and O–H groups in total. The molecule has 1 heterocycles. The van der Waals surface area contributed by atoms with E-state index >= 15 is 0 Å². The van der Waals surface area contributed by atoms with Crippen LogP contribution in [0.2, 0.25) is 5.02 Å². The Morgan fingerprint density at radius 1 is 1.42 bits per heavy atom. The van der Waals surface area contributed by atoms with Crippen LogP contribution in [-0.2, 0) is 0 Å². The Labute approximate surface area is 131 Å². The molecule has 1 aliphatic rings. The predicted octanol–water partition coefficient (Wildman–Crippen LogP) is 3.24. The number of thiocarbonyl (C=S) groups is 1. The van der Waals surface area contributed by atoms with Crippen LogP contribution in [0.3, 0.4) is 0 Å². The molecule has 1 aromatic carbocycles. The normalized spacial score (nSPS) is 16.4. The number of benzene rings is 1. The molecule has 19 heavy (non-hydrogen) atoms. The van der Waals surface area contributed by atoms with Gasteiger partial charge in [-0.3, -0.25) is 4.79 Å². The molecule has 1 aromatic rings. The highest BCUT2D eigenvalue weighted by Crippen LogP contribution is 2.25. The lowest BCUT2D eigenvalue weighted by atomic mass is 9.96. The minimum Gasteiger partial charge on any atom is -0.393 e. The Kier molecular flexibility index (Phi) is 4.81. The van der Waals surface area contributed by atoms with E-state index in [4.69, 9.17) is 29.6 Å². The number of nitrogens with two attached hydrogens (primary N) is 1. The number of piperidine rings is 1. The van der Waals surface area contributed by atoms with Crippen LogP contribution in [0.15, 0.2) is 22.7 Å². The summed E-state index contributed by atoms with van der Waals surface area (Å²) in [6, 6.07) is 5.30. The number of hydrogen-bond donors (Lipinski definition) is 1. The van der Waals surface area contributed by atoms with Crippen molar-refractivity contribution in [3.63, 3.8) is 0 Å². The van der Waals surface area contributed by atoms with Gasteiger partial charge in [0.2, 0.25) is 0 Å². The average molecular weight is 362 g/mol. The first-order chi connectivity index (χ1) is 8.99. The Bertz CT molecular complexity index is 515. The zero-order valence-electron chi connectivity index (χ0n) is 10.2. The molecule has 1 aliphatic heterocycles. The lowest BCUT2D eigenvalue weighted by Crippen LogP contribution is -2.41. The number of likely N-dealkylation sites (tertiary alicyclic amines) is 1. The van der Waals surface area contributed by atoms with Gasteiger partial charge in [0.1, 0.15) is 0 Å². The Balaban J connectivity index is 2.07. The fourth-order valence-electron chi connectivity index (χ4n) is 2.20. The van der Waals surface area contributed by atoms with Gasteiger partial charge in [0.15, 0.2) is 0 Å². The van der Waals surface area contributed by atoms with E-state index in [1.807, 2.05) is 11.0 Å². The summed E-state index contributed by atoms with van der Waals surface area (Å²) in [6.45, 7) is 1.35. The summed E-state index contributed by atoms with van der Waals surface area (Å²) >= 11 is 14.4. The first kappa shape index (κ1) is 14.8. The monoisotopic (exact) mass is 360 g/mol. The molecule has 102 valence electrons. The van der Waals surface area contributed by atoms with Crippen molar-refractivity contribution in [3.05, 3.63) is 33.3 Å². The second kappa shape index (κ2) is 6.20. The van der Waals surface area contributed by atoms with Crippen molar-refractivity contribution >= 4 is 50.6 Å². The molecular weight excluding hydrogens is 348 g/mol. The van der Waals surface area contributed by atoms with E-state index in [0.29, 0.717) is 28.7 Å². The van der Waals surface area contributed by atoms with Gasteiger partial charge < -0.3 is 10.6 Å². The van der Waals surface area contributed by atoms with E-state index in [2.05, 4.69) is 15.9 Å². The van der Waals surface area contributed by atoms with Gasteiger partial charge >= 0.3 is 0 Å². The van der Waals surface area contributed by atoms with Crippen molar-refractivity contribution < 1.29 is 4.79 Å². The van der Waals surface area contributed by atoms with Crippen molar-refractivity contribution in [2.75, 3.05) is 13.1 Å². The number of rotatable bonds is 2. The van der Waals surface area contributed by atoms with Crippen molar-refractivity contribution in [2.45, 2.75) is 12.8 Å². The minimum absolute atomic E-state index is 0.0288. The molecule has 0 bridgehead atoms. The van der Waals surface area contributed by atoms with E-state index in [1.165, 1.54) is 0 Å². The van der Waals surface area contributed by atoms with Crippen LogP contribution >= 0.6 is 39.7 Å². The van der Waals surface area contributed by atoms with Gasteiger partial charge in [-0.25, -0.2) is 0 Å². The zero-order valence-corrected chi connectivity index (χ0v) is 13.4. The highest BCUT2D eigenvalue weighted by molar-refractivity contribution is 9.10. The second-order valence-corrected chi connectivity index (χ2v) is 6.39. The first-order valence-electron chi connectivity index (χ1n) is 6.02. The van der Waals surface area contributed by atoms with Gasteiger partial charge in [-0.2, -0.15) is 0 Å². The summed E-state index contributed by atoms with van der Waals surface area (Å²) in [7, 11) is 0. The van der Waals surface area contributed by atoms with Crippen molar-refractivity contribution in [3.8, 4) is 0 Å². The molecule has 0 radical (unpaired) electrons. The molecule has 2 rings (SSSR count). The molecule has 0 saturated carbocycles. The van der Waals surface area contributed by atoms with Gasteiger partial charge in [0.05, 0.1) is 15.6 Å². The summed E-state index contributed by atoms with van der Waals surface area (Å²) in [5.41, 5.74) is 6.18. The Morgan fingerprint density at radius 2 is 2.05 bits per heavy atom. The summed E-state index contributed by atoms with van der Waals surface area (Å²) in [5, 5.41) is 0.468. The molecule has 1 saturated heterocycles. The third-order valence-electron chi connectivity index (χ3n) is 3.35. The van der Waals surface area contributed by atoms with Crippen LogP contribution in [0.25, 0.3) is 0 Å². The summed E-state index contributed by atoms with van der Waals surface area (Å²) in [4.78, 5) is 14.7. The molecule has 3 nitrogen and oxygen atoms in total. The summed E-state index contributed by atoms with van der Waals surface area (Å²) in [5.74, 6) is 0.221. The number of halogens is 2. The number of carbonyl (C=O) groups excluding carboxylic acids is 1. The van der Waals surface area contributed by atoms with Crippen LogP contribution in [-0.4, -0.2) is 28.9 Å². The third kappa shape index (κ3) is 3.46. The largest absolute Gasteiger partial charge is 0.393 e. The smallest absolute Gasteiger partial charge is 0.255 e. The first-order valence-corrected chi connectivity index (χ1v) is 7.60. The topological polar surface area (TPSA) is 46.3 Å². The third-order valence-corrected chi connectivity index (χ3v) is 4.49. The van der Waals surface area contributed by atoms with Gasteiger partial charge in [0.25, 0.3) is 5.91 Å². The van der Waals surface area contributed by atoms with Gasteiger partial charge in [0, 0.05) is 23.5 Å². The quantitative estimate of drug-likeness (QED) is 0.823. The van der Waals surface area contributed by atoms with E-state index < -0.39 is 0 Å². The summed E-state index contributed by atoms with van der Waals surface area (Å²) < 4.78 is 0.862. The molecule has 6 heteroatoms. The molecule has 1 amide bonds. The maximum Gasteiger partial charge on any atom is 0.255 e. The van der Waals surface area contributed by atoms with E-state index in [-0.39, 0.29) is 11.8 Å². The van der Waals surface area contributed by atoms with Gasteiger partial charge in [-0.1, -0.05) is 39.7 Å². The van der Waals surface area contributed by atoms with Crippen LogP contribution in [0.4, 0.5) is 0 Å². The van der Waals surface area contributed by atoms with Crippen LogP contribution < -0.4 is 5.73 Å². The van der Waals surface area contributed by atoms with Crippen molar-refractivity contribution in [1.82, 2.24) is 4.90 Å². The molecular formula is C13H14BrClN2OS. The van der Waals surface area contributed by atoms with Gasteiger partial charge in [-0.15, -0.1) is 0 Å². The van der Waals surface area contributed by atoms with Crippen molar-refractivity contribution in [2.24, 2.45) is 11.7 Å². The van der Waals surface area contributed by atoms with E-state index in [0.717, 1.165) is 17.3 Å². The SMILES string of the molecule is NC(=S)C1CCN(C(=O)c2ccc(Br)cc2Cl)CC1. The van der Waals surface area contributed by atoms with Gasteiger partial charge in [-0.05, 0) is 31.0 Å². The fourth-order valence-corrected chi connectivity index (χ4v) is 3.19. The molecule has 0 atom stereocenters. The highest BCUT2D eigenvalue weighted by atomic mass is 79.9. The standard InChI is InChI=1S/C13H14BrClN2OS/c14-9-1-2-10(11(15)7-9)13(18)17-5-3-8(4-6-17)12(16)19/h1-2,7-8H,3-6H2,(H2,16,19). The molecule has 0 aliphatic carbocycles. The van der Waals surface area contributed by atoms with Crippen LogP contribution in [0, 0.1) is 5.92 Å². The zero-order chi connectivity index (χ0) is 14.0. The highest BCUT2D eigenvalue weighted by Gasteiger charge is 2.25. The molecule has 0 aromatic heterocycles. The summed E-state index contributed by atoms with van der Waals surface area (Å²) in [6.07, 6.45) is 1.66. The minimum atomic E-state index is -0.0288. The fraction of sp³-hybridized carbons (Fsp3) is 0.385. The number of nitrogens with zero attached hydrogens (tertiary/aromatic N) is 1. The lowest BCUT2D eigenvalue weighted by molar-refractivity contribution is 0.0710. The van der Waals surface area contributed by atoms with Crippen LogP contribution in [0.1, 0.15) is 23.2 Å². The molecule has 0 spiro atoms. The van der Waals surface area contributed by atoms with Crippen LogP contribution in [0.5, 0.6) is 0 Å². The lowest BCUT2D eigenvalue weighted by Gasteiger charge is -2.31. The second-order valence-electron chi connectivity index (χ2n) is 4.59. The van der Waals surface area contributed by atoms with Crippen molar-refractivity contribution in [1.29, 1.82) is 0 Å². The Hall–Kier alpha value is -0.650. The number of amides is 1. The Morgan fingerprint density at radius 3 is 2.58 bits per heavy atom. The molecule has 1 fully saturated rings. The van der Waals surface area contributed by atoms with E-state index in [9.17, 15) is 4.79 Å². The maximum atomic E-state index is 12.4. The number of carbonyl (C=O) groups is 1. The maximum absolute atomic E-state index is 12.4. The number of hydrogen-bond acceptors (Lipinski definition) is 2. The van der Waals surface area contributed by atoms with E-state index in [1.54, 1.807) is 12.1 Å². The molecule has 0 unspecified atom stereocenters. The average Bonchev–Trinajstić information content (AvgIpc) is 2.38.